The molecule has 2 rings (SSSR count). The van der Waals surface area contributed by atoms with Crippen molar-refractivity contribution in [2.75, 3.05) is 33.4 Å². The van der Waals surface area contributed by atoms with E-state index in [0.29, 0.717) is 47.8 Å². The van der Waals surface area contributed by atoms with Gasteiger partial charge < -0.3 is 25.2 Å². The number of hydrogen-bond donors (Lipinski definition) is 3. The van der Waals surface area contributed by atoms with Gasteiger partial charge in [0.2, 0.25) is 0 Å². The minimum Gasteiger partial charge on any atom is -0.493 e. The Morgan fingerprint density at radius 1 is 1.48 bits per heavy atom. The third-order valence-corrected chi connectivity index (χ3v) is 4.20. The third-order valence-electron chi connectivity index (χ3n) is 3.61. The van der Waals surface area contributed by atoms with E-state index in [1.807, 2.05) is 6.92 Å². The summed E-state index contributed by atoms with van der Waals surface area (Å²) in [7, 11) is 1.53. The average Bonchev–Trinajstić information content (AvgIpc) is 2.92. The van der Waals surface area contributed by atoms with Crippen molar-refractivity contribution in [3.8, 4) is 11.5 Å². The van der Waals surface area contributed by atoms with Crippen LogP contribution in [0.3, 0.4) is 0 Å². The molecule has 0 spiro atoms. The van der Waals surface area contributed by atoms with Gasteiger partial charge in [-0.25, -0.2) is 0 Å². The minimum absolute atomic E-state index is 0. The van der Waals surface area contributed by atoms with Crippen LogP contribution in [0.2, 0.25) is 0 Å². The molecule has 3 N–H and O–H groups in total. The van der Waals surface area contributed by atoms with Crippen LogP contribution in [-0.4, -0.2) is 50.5 Å². The molecular weight excluding hydrogens is 388 g/mol. The first kappa shape index (κ1) is 20.0. The fourth-order valence-corrected chi connectivity index (χ4v) is 2.95. The molecule has 1 heterocycles. The van der Waals surface area contributed by atoms with Crippen molar-refractivity contribution >= 4 is 34.2 Å². The van der Waals surface area contributed by atoms with Crippen molar-refractivity contribution < 1.29 is 19.4 Å². The zero-order chi connectivity index (χ0) is 16.1. The summed E-state index contributed by atoms with van der Waals surface area (Å²) >= 11 is 3.40. The summed E-state index contributed by atoms with van der Waals surface area (Å²) in [5.74, 6) is 0.916. The van der Waals surface area contributed by atoms with Crippen molar-refractivity contribution in [1.82, 2.24) is 10.6 Å². The van der Waals surface area contributed by atoms with E-state index in [1.54, 1.807) is 12.1 Å². The number of carbonyl (C=O) groups is 1. The number of amides is 1. The summed E-state index contributed by atoms with van der Waals surface area (Å²) < 4.78 is 11.5. The van der Waals surface area contributed by atoms with Gasteiger partial charge in [-0.2, -0.15) is 0 Å². The first-order chi connectivity index (χ1) is 10.6. The first-order valence-corrected chi connectivity index (χ1v) is 8.03. The van der Waals surface area contributed by atoms with E-state index in [1.165, 1.54) is 7.11 Å². The van der Waals surface area contributed by atoms with E-state index >= 15 is 0 Å². The summed E-state index contributed by atoms with van der Waals surface area (Å²) in [6.07, 6.45) is -0.415. The SMILES string of the molecule is CCOc1c(Br)cc(C(=O)NCC2CNCC2O)cc1OC.Cl. The second-order valence-corrected chi connectivity index (χ2v) is 5.97. The first-order valence-electron chi connectivity index (χ1n) is 7.24. The Balaban J connectivity index is 0.00000264. The molecule has 2 atom stereocenters. The van der Waals surface area contributed by atoms with Gasteiger partial charge in [0, 0.05) is 31.1 Å². The molecule has 1 aromatic rings. The molecule has 0 saturated carbocycles. The second kappa shape index (κ2) is 9.32. The van der Waals surface area contributed by atoms with E-state index in [-0.39, 0.29) is 24.2 Å². The van der Waals surface area contributed by atoms with E-state index in [2.05, 4.69) is 26.6 Å². The van der Waals surface area contributed by atoms with Gasteiger partial charge in [-0.3, -0.25) is 4.79 Å². The highest BCUT2D eigenvalue weighted by Crippen LogP contribution is 2.36. The summed E-state index contributed by atoms with van der Waals surface area (Å²) in [4.78, 5) is 12.3. The quantitative estimate of drug-likeness (QED) is 0.665. The number of nitrogens with one attached hydrogen (secondary N) is 2. The number of carbonyl (C=O) groups excluding carboxylic acids is 1. The van der Waals surface area contributed by atoms with Gasteiger partial charge in [-0.15, -0.1) is 12.4 Å². The smallest absolute Gasteiger partial charge is 0.251 e. The molecule has 6 nitrogen and oxygen atoms in total. The summed E-state index contributed by atoms with van der Waals surface area (Å²) in [6.45, 7) is 4.10. The van der Waals surface area contributed by atoms with Gasteiger partial charge in [0.15, 0.2) is 11.5 Å². The molecule has 0 aliphatic carbocycles. The molecule has 0 radical (unpaired) electrons. The molecule has 1 aliphatic heterocycles. The zero-order valence-electron chi connectivity index (χ0n) is 13.1. The lowest BCUT2D eigenvalue weighted by atomic mass is 10.1. The number of benzene rings is 1. The molecule has 1 aromatic carbocycles. The van der Waals surface area contributed by atoms with Gasteiger partial charge in [-0.1, -0.05) is 0 Å². The Morgan fingerprint density at radius 3 is 2.78 bits per heavy atom. The molecule has 130 valence electrons. The highest BCUT2D eigenvalue weighted by atomic mass is 79.9. The molecule has 1 fully saturated rings. The lowest BCUT2D eigenvalue weighted by molar-refractivity contribution is 0.0926. The topological polar surface area (TPSA) is 79.8 Å². The number of halogens is 2. The van der Waals surface area contributed by atoms with Crippen LogP contribution >= 0.6 is 28.3 Å². The molecular formula is C15H22BrClN2O4. The monoisotopic (exact) mass is 408 g/mol. The zero-order valence-corrected chi connectivity index (χ0v) is 15.5. The maximum atomic E-state index is 12.3. The van der Waals surface area contributed by atoms with Gasteiger partial charge in [0.1, 0.15) is 0 Å². The maximum Gasteiger partial charge on any atom is 0.251 e. The van der Waals surface area contributed by atoms with Crippen LogP contribution in [-0.2, 0) is 0 Å². The third kappa shape index (κ3) is 4.97. The minimum atomic E-state index is -0.415. The molecule has 0 aromatic heterocycles. The van der Waals surface area contributed by atoms with Crippen molar-refractivity contribution in [2.24, 2.45) is 5.92 Å². The standard InChI is InChI=1S/C15H21BrN2O4.ClH/c1-3-22-14-11(16)4-9(5-13(14)21-2)15(20)18-7-10-6-17-8-12(10)19;/h4-5,10,12,17,19H,3,6-8H2,1-2H3,(H,18,20);1H. The summed E-state index contributed by atoms with van der Waals surface area (Å²) in [6, 6.07) is 3.35. The summed E-state index contributed by atoms with van der Waals surface area (Å²) in [5, 5.41) is 15.7. The van der Waals surface area contributed by atoms with E-state index in [9.17, 15) is 9.90 Å². The Labute approximate surface area is 150 Å². The van der Waals surface area contributed by atoms with E-state index in [0.717, 1.165) is 0 Å². The number of ether oxygens (including phenoxy) is 2. The predicted molar refractivity (Wildman–Crippen MR) is 93.8 cm³/mol. The van der Waals surface area contributed by atoms with Crippen molar-refractivity contribution in [3.05, 3.63) is 22.2 Å². The van der Waals surface area contributed by atoms with Crippen LogP contribution in [0.5, 0.6) is 11.5 Å². The number of aliphatic hydroxyl groups is 1. The summed E-state index contributed by atoms with van der Waals surface area (Å²) in [5.41, 5.74) is 0.479. The Morgan fingerprint density at radius 2 is 2.22 bits per heavy atom. The van der Waals surface area contributed by atoms with E-state index < -0.39 is 6.10 Å². The molecule has 1 aliphatic rings. The highest BCUT2D eigenvalue weighted by molar-refractivity contribution is 9.10. The normalized spacial score (nSPS) is 19.8. The van der Waals surface area contributed by atoms with Crippen molar-refractivity contribution in [3.63, 3.8) is 0 Å². The number of methoxy groups -OCH3 is 1. The van der Waals surface area contributed by atoms with Crippen LogP contribution in [0.4, 0.5) is 0 Å². The number of β-amino-alcohol motifs (C(OH)–C–C–N with tert-alkyl or cyclic N) is 1. The molecule has 1 saturated heterocycles. The van der Waals surface area contributed by atoms with Crippen LogP contribution < -0.4 is 20.1 Å². The number of aliphatic hydroxyl groups excluding tert-OH is 1. The largest absolute Gasteiger partial charge is 0.493 e. The molecule has 0 bridgehead atoms. The van der Waals surface area contributed by atoms with Gasteiger partial charge in [-0.05, 0) is 35.0 Å². The van der Waals surface area contributed by atoms with Crippen LogP contribution in [0.15, 0.2) is 16.6 Å². The Hall–Kier alpha value is -1.02. The lowest BCUT2D eigenvalue weighted by Crippen LogP contribution is -2.34. The fraction of sp³-hybridized carbons (Fsp3) is 0.533. The van der Waals surface area contributed by atoms with Gasteiger partial charge >= 0.3 is 0 Å². The van der Waals surface area contributed by atoms with Crippen molar-refractivity contribution in [1.29, 1.82) is 0 Å². The van der Waals surface area contributed by atoms with Crippen molar-refractivity contribution in [2.45, 2.75) is 13.0 Å². The van der Waals surface area contributed by atoms with E-state index in [4.69, 9.17) is 9.47 Å². The molecule has 23 heavy (non-hydrogen) atoms. The van der Waals surface area contributed by atoms with Crippen LogP contribution in [0, 0.1) is 5.92 Å². The predicted octanol–water partition coefficient (Wildman–Crippen LogP) is 1.59. The van der Waals surface area contributed by atoms with Crippen LogP contribution in [0.25, 0.3) is 0 Å². The fourth-order valence-electron chi connectivity index (χ4n) is 2.39. The average molecular weight is 410 g/mol. The van der Waals surface area contributed by atoms with Gasteiger partial charge in [0.05, 0.1) is 24.3 Å². The number of hydrogen-bond acceptors (Lipinski definition) is 5. The molecule has 2 unspecified atom stereocenters. The second-order valence-electron chi connectivity index (χ2n) is 5.12. The highest BCUT2D eigenvalue weighted by Gasteiger charge is 2.25. The molecule has 8 heteroatoms. The van der Waals surface area contributed by atoms with Gasteiger partial charge in [0.25, 0.3) is 5.91 Å². The molecule has 1 amide bonds. The Kier molecular flexibility index (Phi) is 8.11. The lowest BCUT2D eigenvalue weighted by Gasteiger charge is -2.16. The van der Waals surface area contributed by atoms with Crippen LogP contribution in [0.1, 0.15) is 17.3 Å². The Bertz CT molecular complexity index is 544. The maximum absolute atomic E-state index is 12.3. The number of rotatable bonds is 6.